The third-order valence-corrected chi connectivity index (χ3v) is 4.16. The molecule has 0 aromatic rings. The fourth-order valence-electron chi connectivity index (χ4n) is 2.89. The number of carbonyl (C=O) groups is 3. The molecule has 0 spiro atoms. The van der Waals surface area contributed by atoms with Crippen molar-refractivity contribution in [2.24, 2.45) is 5.92 Å². The molecule has 0 unspecified atom stereocenters. The molecule has 26 heavy (non-hydrogen) atoms. The second kappa shape index (κ2) is 10.7. The van der Waals surface area contributed by atoms with Crippen LogP contribution >= 0.6 is 0 Å². The van der Waals surface area contributed by atoms with Crippen LogP contribution in [0.3, 0.4) is 0 Å². The van der Waals surface area contributed by atoms with Crippen molar-refractivity contribution in [3.05, 3.63) is 5.53 Å². The zero-order valence-electron chi connectivity index (χ0n) is 15.9. The van der Waals surface area contributed by atoms with E-state index in [4.69, 9.17) is 10.3 Å². The van der Waals surface area contributed by atoms with Gasteiger partial charge in [-0.25, -0.2) is 4.79 Å². The van der Waals surface area contributed by atoms with Crippen LogP contribution in [0.1, 0.15) is 65.7 Å². The Morgan fingerprint density at radius 2 is 1.88 bits per heavy atom. The van der Waals surface area contributed by atoms with Crippen LogP contribution in [-0.2, 0) is 14.3 Å². The molecule has 0 aromatic carbocycles. The summed E-state index contributed by atoms with van der Waals surface area (Å²) in [6, 6.07) is -0.708. The van der Waals surface area contributed by atoms with Gasteiger partial charge in [0.2, 0.25) is 5.91 Å². The second-order valence-electron chi connectivity index (χ2n) is 7.61. The first-order valence-corrected chi connectivity index (χ1v) is 9.21. The van der Waals surface area contributed by atoms with Gasteiger partial charge in [0.1, 0.15) is 5.60 Å². The highest BCUT2D eigenvalue weighted by Crippen LogP contribution is 2.24. The fraction of sp³-hybridized carbons (Fsp3) is 0.778. The summed E-state index contributed by atoms with van der Waals surface area (Å²) in [5, 5.41) is 5.42. The Hall–Kier alpha value is -2.21. The number of nitrogens with zero attached hydrogens (tertiary/aromatic N) is 2. The standard InChI is InChI=1S/C18H30N4O4/c1-18(2,3)26-17(25)20-11-7-6-10-14(15(23)12-21-19)22-16(24)13-8-4-5-9-13/h12-14H,4-11H2,1-3H3,(H,20,25)(H,22,24)/t14-/m0/s1. The minimum Gasteiger partial charge on any atom is -0.444 e. The number of ether oxygens (including phenoxy) is 1. The van der Waals surface area contributed by atoms with E-state index in [1.54, 1.807) is 20.8 Å². The maximum Gasteiger partial charge on any atom is 0.407 e. The van der Waals surface area contributed by atoms with Gasteiger partial charge in [-0.05, 0) is 52.9 Å². The average molecular weight is 366 g/mol. The van der Waals surface area contributed by atoms with Crippen LogP contribution < -0.4 is 10.6 Å². The van der Waals surface area contributed by atoms with Gasteiger partial charge in [-0.1, -0.05) is 12.8 Å². The van der Waals surface area contributed by atoms with Gasteiger partial charge in [0, 0.05) is 12.5 Å². The number of rotatable bonds is 9. The Morgan fingerprint density at radius 3 is 2.46 bits per heavy atom. The van der Waals surface area contributed by atoms with Crippen LogP contribution in [0.5, 0.6) is 0 Å². The van der Waals surface area contributed by atoms with E-state index in [1.807, 2.05) is 0 Å². The number of hydrogen-bond acceptors (Lipinski definition) is 4. The van der Waals surface area contributed by atoms with Crippen LogP contribution in [0, 0.1) is 5.92 Å². The summed E-state index contributed by atoms with van der Waals surface area (Å²) in [4.78, 5) is 38.6. The first-order chi connectivity index (χ1) is 12.2. The van der Waals surface area contributed by atoms with Crippen LogP contribution in [-0.4, -0.2) is 47.0 Å². The third-order valence-electron chi connectivity index (χ3n) is 4.16. The molecule has 0 bridgehead atoms. The third kappa shape index (κ3) is 8.76. The van der Waals surface area contributed by atoms with E-state index in [1.165, 1.54) is 0 Å². The van der Waals surface area contributed by atoms with Crippen molar-refractivity contribution in [1.82, 2.24) is 10.6 Å². The number of nitrogens with one attached hydrogen (secondary N) is 2. The van der Waals surface area contributed by atoms with Gasteiger partial charge >= 0.3 is 12.3 Å². The van der Waals surface area contributed by atoms with E-state index >= 15 is 0 Å². The Balaban J connectivity index is 2.38. The van der Waals surface area contributed by atoms with Gasteiger partial charge < -0.3 is 20.9 Å². The van der Waals surface area contributed by atoms with Gasteiger partial charge in [0.25, 0.3) is 5.78 Å². The molecule has 0 heterocycles. The summed E-state index contributed by atoms with van der Waals surface area (Å²) < 4.78 is 5.14. The lowest BCUT2D eigenvalue weighted by Crippen LogP contribution is -2.44. The molecule has 0 aliphatic heterocycles. The molecule has 1 rings (SSSR count). The molecule has 1 saturated carbocycles. The zero-order valence-corrected chi connectivity index (χ0v) is 15.9. The quantitative estimate of drug-likeness (QED) is 0.281. The molecule has 146 valence electrons. The van der Waals surface area contributed by atoms with E-state index in [-0.39, 0.29) is 11.8 Å². The number of amides is 2. The largest absolute Gasteiger partial charge is 0.444 e. The molecule has 1 aliphatic carbocycles. The molecule has 2 N–H and O–H groups in total. The fourth-order valence-corrected chi connectivity index (χ4v) is 2.89. The number of hydrogen-bond donors (Lipinski definition) is 2. The van der Waals surface area contributed by atoms with E-state index in [0.717, 1.165) is 31.9 Å². The van der Waals surface area contributed by atoms with Crippen molar-refractivity contribution in [2.45, 2.75) is 77.4 Å². The van der Waals surface area contributed by atoms with E-state index in [2.05, 4.69) is 15.4 Å². The molecule has 8 heteroatoms. The van der Waals surface area contributed by atoms with Crippen LogP contribution in [0.15, 0.2) is 0 Å². The monoisotopic (exact) mass is 366 g/mol. The highest BCUT2D eigenvalue weighted by molar-refractivity contribution is 6.28. The summed E-state index contributed by atoms with van der Waals surface area (Å²) in [6.45, 7) is 5.79. The van der Waals surface area contributed by atoms with Gasteiger partial charge in [0.15, 0.2) is 0 Å². The average Bonchev–Trinajstić information content (AvgIpc) is 3.06. The first kappa shape index (κ1) is 21.8. The highest BCUT2D eigenvalue weighted by atomic mass is 16.6. The maximum atomic E-state index is 12.2. The normalized spacial score (nSPS) is 15.7. The molecule has 8 nitrogen and oxygen atoms in total. The van der Waals surface area contributed by atoms with Crippen molar-refractivity contribution in [2.75, 3.05) is 6.54 Å². The van der Waals surface area contributed by atoms with Crippen molar-refractivity contribution < 1.29 is 23.9 Å². The van der Waals surface area contributed by atoms with Crippen molar-refractivity contribution in [3.63, 3.8) is 0 Å². The summed E-state index contributed by atoms with van der Waals surface area (Å²) in [7, 11) is 0. The maximum absolute atomic E-state index is 12.2. The summed E-state index contributed by atoms with van der Waals surface area (Å²) in [5.41, 5.74) is 8.02. The lowest BCUT2D eigenvalue weighted by Gasteiger charge is -2.20. The Bertz CT molecular complexity index is 544. The first-order valence-electron chi connectivity index (χ1n) is 9.21. The number of alkyl carbamates (subject to hydrolysis) is 1. The van der Waals surface area contributed by atoms with E-state index in [0.29, 0.717) is 25.8 Å². The van der Waals surface area contributed by atoms with Crippen LogP contribution in [0.2, 0.25) is 0 Å². The summed E-state index contributed by atoms with van der Waals surface area (Å²) >= 11 is 0. The number of unbranched alkanes of at least 4 members (excludes halogenated alkanes) is 1. The SMILES string of the molecule is CC(C)(C)OC(=O)NCCCC[C@H](NC(=O)C1CCCC1)C(=O)C=[N+]=[N-]. The second-order valence-corrected chi connectivity index (χ2v) is 7.61. The molecular formula is C18H30N4O4. The van der Waals surface area contributed by atoms with E-state index in [9.17, 15) is 14.4 Å². The smallest absolute Gasteiger partial charge is 0.407 e. The van der Waals surface area contributed by atoms with Crippen LogP contribution in [0.25, 0.3) is 5.53 Å². The van der Waals surface area contributed by atoms with Gasteiger partial charge in [0.05, 0.1) is 6.04 Å². The molecule has 0 radical (unpaired) electrons. The highest BCUT2D eigenvalue weighted by Gasteiger charge is 2.28. The lowest BCUT2D eigenvalue weighted by atomic mass is 10.0. The van der Waals surface area contributed by atoms with Crippen molar-refractivity contribution in [1.29, 1.82) is 0 Å². The predicted molar refractivity (Wildman–Crippen MR) is 96.7 cm³/mol. The number of ketones is 1. The molecule has 1 fully saturated rings. The minimum absolute atomic E-state index is 0.0369. The molecular weight excluding hydrogens is 336 g/mol. The summed E-state index contributed by atoms with van der Waals surface area (Å²) in [6.07, 6.45) is 5.77. The topological polar surface area (TPSA) is 121 Å². The number of carbonyl (C=O) groups excluding carboxylic acids is 3. The lowest BCUT2D eigenvalue weighted by molar-refractivity contribution is -0.129. The molecule has 0 saturated heterocycles. The molecule has 2 amide bonds. The Labute approximate surface area is 154 Å². The number of Topliss-reactive ketones (excluding diaryl/α,β-unsaturated/α-hetero) is 1. The Morgan fingerprint density at radius 1 is 1.23 bits per heavy atom. The van der Waals surface area contributed by atoms with Gasteiger partial charge in [-0.15, -0.1) is 0 Å². The summed E-state index contributed by atoms with van der Waals surface area (Å²) in [5.74, 6) is -0.580. The predicted octanol–water partition coefficient (Wildman–Crippen LogP) is 2.23. The Kier molecular flexibility index (Phi) is 8.99. The molecule has 1 aliphatic rings. The van der Waals surface area contributed by atoms with Crippen molar-refractivity contribution in [3.8, 4) is 0 Å². The minimum atomic E-state index is -0.708. The van der Waals surface area contributed by atoms with Gasteiger partial charge in [-0.3, -0.25) is 9.59 Å². The molecule has 0 aromatic heterocycles. The van der Waals surface area contributed by atoms with Crippen LogP contribution in [0.4, 0.5) is 4.79 Å². The zero-order chi connectivity index (χ0) is 19.6. The van der Waals surface area contributed by atoms with Gasteiger partial charge in [-0.2, -0.15) is 4.79 Å². The van der Waals surface area contributed by atoms with Crippen molar-refractivity contribution >= 4 is 24.0 Å². The van der Waals surface area contributed by atoms with E-state index < -0.39 is 23.5 Å². The molecule has 1 atom stereocenters.